The van der Waals surface area contributed by atoms with Gasteiger partial charge >= 0.3 is 0 Å². The van der Waals surface area contributed by atoms with Gasteiger partial charge in [-0.25, -0.2) is 0 Å². The monoisotopic (exact) mass is 335 g/mol. The number of methoxy groups -OCH3 is 1. The maximum atomic E-state index is 12.7. The molecular weight excluding hydrogens is 314 g/mol. The van der Waals surface area contributed by atoms with Crippen molar-refractivity contribution < 1.29 is 9.53 Å². The van der Waals surface area contributed by atoms with Gasteiger partial charge < -0.3 is 10.1 Å². The Bertz CT molecular complexity index is 725. The van der Waals surface area contributed by atoms with Crippen molar-refractivity contribution in [3.63, 3.8) is 0 Å². The molecule has 0 aliphatic rings. The molecular formula is C17H22ClN3O2. The Balaban J connectivity index is 2.31. The Hall–Kier alpha value is -2.01. The molecule has 2 aromatic rings. The number of amides is 1. The van der Waals surface area contributed by atoms with Crippen LogP contribution in [0.4, 0.5) is 5.69 Å². The predicted molar refractivity (Wildman–Crippen MR) is 92.4 cm³/mol. The van der Waals surface area contributed by atoms with Gasteiger partial charge in [-0.05, 0) is 44.9 Å². The van der Waals surface area contributed by atoms with Crippen molar-refractivity contribution in [2.24, 2.45) is 0 Å². The van der Waals surface area contributed by atoms with E-state index in [1.54, 1.807) is 11.8 Å². The number of hydrogen-bond acceptors (Lipinski definition) is 3. The second-order valence-corrected chi connectivity index (χ2v) is 5.92. The van der Waals surface area contributed by atoms with E-state index in [0.29, 0.717) is 22.9 Å². The lowest BCUT2D eigenvalue weighted by Gasteiger charge is -2.18. The summed E-state index contributed by atoms with van der Waals surface area (Å²) in [6, 6.07) is 5.24. The lowest BCUT2D eigenvalue weighted by molar-refractivity contribution is -0.119. The van der Waals surface area contributed by atoms with Crippen molar-refractivity contribution in [1.82, 2.24) is 9.78 Å². The zero-order valence-electron chi connectivity index (χ0n) is 14.1. The van der Waals surface area contributed by atoms with Crippen molar-refractivity contribution in [2.75, 3.05) is 12.4 Å². The van der Waals surface area contributed by atoms with Crippen molar-refractivity contribution in [1.29, 1.82) is 0 Å². The van der Waals surface area contributed by atoms with E-state index in [0.717, 1.165) is 17.0 Å². The van der Waals surface area contributed by atoms with E-state index in [-0.39, 0.29) is 5.91 Å². The van der Waals surface area contributed by atoms with E-state index in [2.05, 4.69) is 10.4 Å². The third kappa shape index (κ3) is 3.50. The number of halogens is 1. The Morgan fingerprint density at radius 2 is 2.09 bits per heavy atom. The first-order chi connectivity index (χ1) is 10.9. The molecule has 1 atom stereocenters. The molecule has 0 radical (unpaired) electrons. The number of ether oxygens (including phenoxy) is 1. The van der Waals surface area contributed by atoms with Crippen LogP contribution in [0, 0.1) is 20.8 Å². The largest absolute Gasteiger partial charge is 0.495 e. The van der Waals surface area contributed by atoms with Crippen LogP contribution in [-0.2, 0) is 4.79 Å². The van der Waals surface area contributed by atoms with E-state index >= 15 is 0 Å². The first-order valence-corrected chi connectivity index (χ1v) is 7.93. The average Bonchev–Trinajstić information content (AvgIpc) is 2.76. The van der Waals surface area contributed by atoms with E-state index in [9.17, 15) is 4.79 Å². The number of carbonyl (C=O) groups excluding carboxylic acids is 1. The fourth-order valence-corrected chi connectivity index (χ4v) is 2.68. The Morgan fingerprint density at radius 1 is 1.39 bits per heavy atom. The van der Waals surface area contributed by atoms with Crippen LogP contribution in [0.1, 0.15) is 36.3 Å². The summed E-state index contributed by atoms with van der Waals surface area (Å²) >= 11 is 6.20. The quantitative estimate of drug-likeness (QED) is 0.896. The molecule has 1 aromatic carbocycles. The van der Waals surface area contributed by atoms with Gasteiger partial charge in [0.2, 0.25) is 5.91 Å². The smallest absolute Gasteiger partial charge is 0.249 e. The van der Waals surface area contributed by atoms with Gasteiger partial charge in [-0.15, -0.1) is 0 Å². The molecule has 5 nitrogen and oxygen atoms in total. The zero-order chi connectivity index (χ0) is 17.1. The predicted octanol–water partition coefficient (Wildman–Crippen LogP) is 4.06. The van der Waals surface area contributed by atoms with Crippen LogP contribution in [0.15, 0.2) is 18.2 Å². The molecule has 1 aromatic heterocycles. The van der Waals surface area contributed by atoms with Gasteiger partial charge in [0.15, 0.2) is 0 Å². The van der Waals surface area contributed by atoms with Crippen molar-refractivity contribution in [3.05, 3.63) is 40.2 Å². The van der Waals surface area contributed by atoms with Crippen molar-refractivity contribution in [2.45, 2.75) is 40.2 Å². The fraction of sp³-hybridized carbons (Fsp3) is 0.412. The molecule has 2 rings (SSSR count). The zero-order valence-corrected chi connectivity index (χ0v) is 14.9. The van der Waals surface area contributed by atoms with Crippen LogP contribution in [0.25, 0.3) is 0 Å². The maximum Gasteiger partial charge on any atom is 0.249 e. The number of aromatic nitrogens is 2. The summed E-state index contributed by atoms with van der Waals surface area (Å²) in [5, 5.41) is 7.94. The molecule has 0 aliphatic carbocycles. The minimum Gasteiger partial charge on any atom is -0.495 e. The molecule has 1 unspecified atom stereocenters. The first kappa shape index (κ1) is 17.3. The Labute approximate surface area is 141 Å². The van der Waals surface area contributed by atoms with E-state index in [4.69, 9.17) is 16.3 Å². The molecule has 0 aliphatic heterocycles. The lowest BCUT2D eigenvalue weighted by Crippen LogP contribution is -2.27. The summed E-state index contributed by atoms with van der Waals surface area (Å²) in [4.78, 5) is 12.7. The van der Waals surface area contributed by atoms with Gasteiger partial charge in [0.25, 0.3) is 0 Å². The molecule has 1 N–H and O–H groups in total. The Morgan fingerprint density at radius 3 is 2.61 bits per heavy atom. The summed E-state index contributed by atoms with van der Waals surface area (Å²) in [5.74, 6) is 0.490. The van der Waals surface area contributed by atoms with Gasteiger partial charge in [-0.3, -0.25) is 9.48 Å². The normalized spacial score (nSPS) is 12.1. The summed E-state index contributed by atoms with van der Waals surface area (Å²) < 4.78 is 7.00. The summed E-state index contributed by atoms with van der Waals surface area (Å²) in [5.41, 5.74) is 3.22. The number of carbonyl (C=O) groups is 1. The fourth-order valence-electron chi connectivity index (χ4n) is 2.55. The molecule has 0 fully saturated rings. The van der Waals surface area contributed by atoms with Crippen molar-refractivity contribution >= 4 is 23.2 Å². The van der Waals surface area contributed by atoms with Crippen LogP contribution in [0.3, 0.4) is 0 Å². The number of hydrogen-bond donors (Lipinski definition) is 1. The van der Waals surface area contributed by atoms with Crippen LogP contribution < -0.4 is 10.1 Å². The van der Waals surface area contributed by atoms with E-state index < -0.39 is 6.04 Å². The summed E-state index contributed by atoms with van der Waals surface area (Å²) in [6.45, 7) is 7.61. The number of rotatable bonds is 5. The standard InChI is InChI=1S/C17H22ClN3O2/c1-6-14(21-12(4)16(18)11(3)20-21)17(22)19-13-9-10(2)7-8-15(13)23-5/h7-9,14H,6H2,1-5H3,(H,19,22). The van der Waals surface area contributed by atoms with Crippen LogP contribution in [0.2, 0.25) is 5.02 Å². The highest BCUT2D eigenvalue weighted by atomic mass is 35.5. The van der Waals surface area contributed by atoms with Crippen LogP contribution in [0.5, 0.6) is 5.75 Å². The molecule has 1 heterocycles. The third-order valence-electron chi connectivity index (χ3n) is 3.83. The summed E-state index contributed by atoms with van der Waals surface area (Å²) in [7, 11) is 1.58. The molecule has 23 heavy (non-hydrogen) atoms. The molecule has 0 spiro atoms. The van der Waals surface area contributed by atoms with Gasteiger partial charge in [0.05, 0.1) is 29.2 Å². The number of benzene rings is 1. The van der Waals surface area contributed by atoms with Gasteiger partial charge in [0.1, 0.15) is 11.8 Å². The highest BCUT2D eigenvalue weighted by Crippen LogP contribution is 2.28. The van der Waals surface area contributed by atoms with Crippen LogP contribution in [-0.4, -0.2) is 22.8 Å². The van der Waals surface area contributed by atoms with Crippen LogP contribution >= 0.6 is 11.6 Å². The van der Waals surface area contributed by atoms with Gasteiger partial charge in [-0.1, -0.05) is 24.6 Å². The highest BCUT2D eigenvalue weighted by Gasteiger charge is 2.24. The van der Waals surface area contributed by atoms with Crippen molar-refractivity contribution in [3.8, 4) is 5.75 Å². The highest BCUT2D eigenvalue weighted by molar-refractivity contribution is 6.31. The van der Waals surface area contributed by atoms with E-state index in [1.807, 2.05) is 45.9 Å². The molecule has 0 bridgehead atoms. The number of aryl methyl sites for hydroxylation is 2. The minimum atomic E-state index is -0.425. The molecule has 0 saturated heterocycles. The Kier molecular flexibility index (Phi) is 5.31. The molecule has 0 saturated carbocycles. The first-order valence-electron chi connectivity index (χ1n) is 7.55. The second kappa shape index (κ2) is 7.04. The molecule has 6 heteroatoms. The SMILES string of the molecule is CCC(C(=O)Nc1cc(C)ccc1OC)n1nc(C)c(Cl)c1C. The number of nitrogens with zero attached hydrogens (tertiary/aromatic N) is 2. The number of nitrogens with one attached hydrogen (secondary N) is 1. The number of anilines is 1. The average molecular weight is 336 g/mol. The minimum absolute atomic E-state index is 0.140. The molecule has 124 valence electrons. The topological polar surface area (TPSA) is 56.1 Å². The summed E-state index contributed by atoms with van der Waals surface area (Å²) in [6.07, 6.45) is 0.609. The third-order valence-corrected chi connectivity index (χ3v) is 4.38. The molecule has 1 amide bonds. The van der Waals surface area contributed by atoms with Gasteiger partial charge in [0, 0.05) is 0 Å². The second-order valence-electron chi connectivity index (χ2n) is 5.55. The maximum absolute atomic E-state index is 12.7. The lowest BCUT2D eigenvalue weighted by atomic mass is 10.1. The van der Waals surface area contributed by atoms with Gasteiger partial charge in [-0.2, -0.15) is 5.10 Å². The van der Waals surface area contributed by atoms with E-state index in [1.165, 1.54) is 0 Å².